The average molecular weight is 322 g/mol. The Morgan fingerprint density at radius 2 is 1.96 bits per heavy atom. The van der Waals surface area contributed by atoms with Crippen molar-refractivity contribution < 1.29 is 14.4 Å². The van der Waals surface area contributed by atoms with Gasteiger partial charge in [-0.25, -0.2) is 4.98 Å². The first kappa shape index (κ1) is 15.8. The molecule has 5 heteroatoms. The van der Waals surface area contributed by atoms with Crippen molar-refractivity contribution in [2.24, 2.45) is 5.16 Å². The van der Waals surface area contributed by atoms with Crippen LogP contribution in [0.15, 0.2) is 64.2 Å². The molecule has 0 aliphatic heterocycles. The number of oxime groups is 1. The van der Waals surface area contributed by atoms with Crippen molar-refractivity contribution >= 4 is 5.71 Å². The number of hydrogen-bond acceptors (Lipinski definition) is 5. The highest BCUT2D eigenvalue weighted by atomic mass is 16.5. The van der Waals surface area contributed by atoms with Crippen LogP contribution >= 0.6 is 0 Å². The van der Waals surface area contributed by atoms with E-state index in [1.807, 2.05) is 61.5 Å². The third kappa shape index (κ3) is 3.46. The number of aryl methyl sites for hydroxylation is 1. The molecule has 0 aliphatic carbocycles. The molecule has 2 aromatic carbocycles. The summed E-state index contributed by atoms with van der Waals surface area (Å²) in [6.45, 7) is 3.91. The predicted molar refractivity (Wildman–Crippen MR) is 91.4 cm³/mol. The van der Waals surface area contributed by atoms with Crippen molar-refractivity contribution in [2.45, 2.75) is 20.5 Å². The summed E-state index contributed by atoms with van der Waals surface area (Å²) in [5.41, 5.74) is 3.02. The van der Waals surface area contributed by atoms with Crippen molar-refractivity contribution in [3.8, 4) is 17.2 Å². The molecule has 0 saturated heterocycles. The summed E-state index contributed by atoms with van der Waals surface area (Å²) in [6.07, 6.45) is 0. The Labute approximate surface area is 140 Å². The Bertz CT molecular complexity index is 854. The van der Waals surface area contributed by atoms with Gasteiger partial charge in [0.05, 0.1) is 5.71 Å². The van der Waals surface area contributed by atoms with Crippen molar-refractivity contribution in [3.63, 3.8) is 0 Å². The molecule has 0 bridgehead atoms. The van der Waals surface area contributed by atoms with Crippen molar-refractivity contribution in [1.29, 1.82) is 0 Å². The Balaban J connectivity index is 1.75. The second kappa shape index (κ2) is 7.00. The fraction of sp³-hybridized carbons (Fsp3) is 0.158. The van der Waals surface area contributed by atoms with Gasteiger partial charge in [-0.15, -0.1) is 0 Å². The van der Waals surface area contributed by atoms with Gasteiger partial charge in [-0.1, -0.05) is 35.5 Å². The molecule has 0 amide bonds. The third-order valence-electron chi connectivity index (χ3n) is 3.69. The van der Waals surface area contributed by atoms with Crippen LogP contribution in [-0.2, 0) is 6.61 Å². The van der Waals surface area contributed by atoms with Gasteiger partial charge >= 0.3 is 0 Å². The van der Waals surface area contributed by atoms with Crippen molar-refractivity contribution in [2.75, 3.05) is 0 Å². The van der Waals surface area contributed by atoms with E-state index in [4.69, 9.17) is 14.4 Å². The predicted octanol–water partition coefficient (Wildman–Crippen LogP) is 4.43. The number of aromatic nitrogens is 1. The van der Waals surface area contributed by atoms with Gasteiger partial charge in [0.1, 0.15) is 23.8 Å². The van der Waals surface area contributed by atoms with Crippen LogP contribution in [0.1, 0.15) is 23.9 Å². The number of rotatable bonds is 5. The molecule has 0 spiro atoms. The Morgan fingerprint density at radius 1 is 1.17 bits per heavy atom. The average Bonchev–Trinajstić information content (AvgIpc) is 3.01. The van der Waals surface area contributed by atoms with Gasteiger partial charge in [-0.3, -0.25) is 0 Å². The first-order valence-electron chi connectivity index (χ1n) is 7.61. The molecule has 5 nitrogen and oxygen atoms in total. The Hall–Kier alpha value is -3.08. The molecule has 3 rings (SSSR count). The van der Waals surface area contributed by atoms with E-state index in [1.54, 1.807) is 6.92 Å². The molecule has 0 fully saturated rings. The van der Waals surface area contributed by atoms with Gasteiger partial charge in [0.15, 0.2) is 0 Å². The number of oxazole rings is 1. The summed E-state index contributed by atoms with van der Waals surface area (Å²) < 4.78 is 11.5. The molecule has 0 radical (unpaired) electrons. The first-order chi connectivity index (χ1) is 11.7. The quantitative estimate of drug-likeness (QED) is 0.429. The molecule has 24 heavy (non-hydrogen) atoms. The van der Waals surface area contributed by atoms with Crippen LogP contribution in [0.5, 0.6) is 5.75 Å². The van der Waals surface area contributed by atoms with E-state index in [0.29, 0.717) is 24.0 Å². The van der Waals surface area contributed by atoms with Gasteiger partial charge in [-0.2, -0.15) is 0 Å². The molecule has 1 aromatic heterocycles. The second-order valence-electron chi connectivity index (χ2n) is 5.39. The van der Waals surface area contributed by atoms with E-state index in [-0.39, 0.29) is 0 Å². The zero-order valence-electron chi connectivity index (χ0n) is 13.6. The summed E-state index contributed by atoms with van der Waals surface area (Å²) in [5.74, 6) is 2.00. The number of ether oxygens (including phenoxy) is 1. The molecule has 1 heterocycles. The molecule has 1 N–H and O–H groups in total. The Kier molecular flexibility index (Phi) is 4.61. The first-order valence-corrected chi connectivity index (χ1v) is 7.61. The highest BCUT2D eigenvalue weighted by Gasteiger charge is 2.12. The van der Waals surface area contributed by atoms with Gasteiger partial charge in [0.25, 0.3) is 0 Å². The summed E-state index contributed by atoms with van der Waals surface area (Å²) in [6, 6.07) is 17.1. The maximum Gasteiger partial charge on any atom is 0.226 e. The lowest BCUT2D eigenvalue weighted by atomic mass is 10.1. The van der Waals surface area contributed by atoms with Crippen LogP contribution < -0.4 is 4.74 Å². The van der Waals surface area contributed by atoms with Crippen molar-refractivity contribution in [3.05, 3.63) is 71.6 Å². The molecule has 0 atom stereocenters. The lowest BCUT2D eigenvalue weighted by Crippen LogP contribution is -2.00. The highest BCUT2D eigenvalue weighted by molar-refractivity contribution is 5.98. The summed E-state index contributed by atoms with van der Waals surface area (Å²) >= 11 is 0. The van der Waals surface area contributed by atoms with E-state index in [9.17, 15) is 0 Å². The number of nitrogens with zero attached hydrogens (tertiary/aromatic N) is 2. The van der Waals surface area contributed by atoms with Crippen LogP contribution in [0.4, 0.5) is 0 Å². The van der Waals surface area contributed by atoms with Crippen LogP contribution in [0.25, 0.3) is 11.5 Å². The molecule has 0 saturated carbocycles. The molecule has 0 unspecified atom stereocenters. The maximum absolute atomic E-state index is 8.86. The fourth-order valence-corrected chi connectivity index (χ4v) is 2.29. The normalized spacial score (nSPS) is 11.5. The number of hydrogen-bond donors (Lipinski definition) is 1. The Morgan fingerprint density at radius 3 is 2.71 bits per heavy atom. The second-order valence-corrected chi connectivity index (χ2v) is 5.39. The summed E-state index contributed by atoms with van der Waals surface area (Å²) in [4.78, 5) is 4.51. The summed E-state index contributed by atoms with van der Waals surface area (Å²) in [7, 11) is 0. The van der Waals surface area contributed by atoms with E-state index in [0.717, 1.165) is 22.6 Å². The standard InChI is InChI=1S/C19H18N2O3/c1-13(21-22)16-9-6-10-17(11-16)23-12-18-14(2)24-19(20-18)15-7-4-3-5-8-15/h3-11,22H,12H2,1-2H3/b21-13+. The minimum Gasteiger partial charge on any atom is -0.487 e. The van der Waals surface area contributed by atoms with Gasteiger partial charge < -0.3 is 14.4 Å². The minimum absolute atomic E-state index is 0.306. The molecule has 3 aromatic rings. The maximum atomic E-state index is 8.86. The fourth-order valence-electron chi connectivity index (χ4n) is 2.29. The SMILES string of the molecule is C/C(=N\O)c1cccc(OCc2nc(-c3ccccc3)oc2C)c1. The lowest BCUT2D eigenvalue weighted by molar-refractivity contribution is 0.299. The van der Waals surface area contributed by atoms with Crippen LogP contribution in [0.2, 0.25) is 0 Å². The van der Waals surface area contributed by atoms with Crippen LogP contribution in [0, 0.1) is 6.92 Å². The highest BCUT2D eigenvalue weighted by Crippen LogP contribution is 2.23. The zero-order chi connectivity index (χ0) is 16.9. The monoisotopic (exact) mass is 322 g/mol. The topological polar surface area (TPSA) is 67.9 Å². The van der Waals surface area contributed by atoms with Gasteiger partial charge in [0, 0.05) is 11.1 Å². The van der Waals surface area contributed by atoms with E-state index < -0.39 is 0 Å². The van der Waals surface area contributed by atoms with Gasteiger partial charge in [-0.05, 0) is 38.1 Å². The lowest BCUT2D eigenvalue weighted by Gasteiger charge is -2.06. The minimum atomic E-state index is 0.306. The van der Waals surface area contributed by atoms with E-state index in [2.05, 4.69) is 10.1 Å². The summed E-state index contributed by atoms with van der Waals surface area (Å²) in [5, 5.41) is 12.1. The van der Waals surface area contributed by atoms with Crippen molar-refractivity contribution in [1.82, 2.24) is 4.98 Å². The largest absolute Gasteiger partial charge is 0.487 e. The van der Waals surface area contributed by atoms with Gasteiger partial charge in [0.2, 0.25) is 5.89 Å². The molecule has 122 valence electrons. The third-order valence-corrected chi connectivity index (χ3v) is 3.69. The number of benzene rings is 2. The molecular weight excluding hydrogens is 304 g/mol. The molecule has 0 aliphatic rings. The van der Waals surface area contributed by atoms with E-state index >= 15 is 0 Å². The zero-order valence-corrected chi connectivity index (χ0v) is 13.6. The van der Waals surface area contributed by atoms with E-state index in [1.165, 1.54) is 0 Å². The van der Waals surface area contributed by atoms with Crippen LogP contribution in [-0.4, -0.2) is 15.9 Å². The smallest absolute Gasteiger partial charge is 0.226 e. The van der Waals surface area contributed by atoms with Crippen LogP contribution in [0.3, 0.4) is 0 Å². The molecular formula is C19H18N2O3.